The van der Waals surface area contributed by atoms with Gasteiger partial charge in [-0.1, -0.05) is 72.5 Å². The summed E-state index contributed by atoms with van der Waals surface area (Å²) in [7, 11) is 0. The van der Waals surface area contributed by atoms with E-state index in [1.54, 1.807) is 0 Å². The molecule has 0 heterocycles. The van der Waals surface area contributed by atoms with Crippen LogP contribution < -0.4 is 0 Å². The number of hydrogen-bond acceptors (Lipinski definition) is 0. The molecule has 0 fully saturated rings. The molecule has 0 aliphatic rings. The smallest absolute Gasteiger partial charge is 0.0255 e. The zero-order valence-corrected chi connectivity index (χ0v) is 12.1. The Morgan fingerprint density at radius 1 is 0.409 bits per heavy atom. The molecule has 0 amide bonds. The van der Waals surface area contributed by atoms with Crippen molar-refractivity contribution >= 4 is 21.5 Å². The molecule has 0 bridgehead atoms. The van der Waals surface area contributed by atoms with Crippen molar-refractivity contribution in [1.82, 2.24) is 0 Å². The van der Waals surface area contributed by atoms with Crippen LogP contribution in [0.25, 0.3) is 21.5 Å². The van der Waals surface area contributed by atoms with Crippen molar-refractivity contribution in [2.75, 3.05) is 0 Å². The minimum atomic E-state index is 1.05. The van der Waals surface area contributed by atoms with Crippen molar-refractivity contribution in [2.45, 2.75) is 0 Å². The third-order valence-electron chi connectivity index (χ3n) is 3.85. The van der Waals surface area contributed by atoms with Crippen LogP contribution in [-0.4, -0.2) is 0 Å². The van der Waals surface area contributed by atoms with Gasteiger partial charge in [-0.2, -0.15) is 0 Å². The van der Waals surface area contributed by atoms with Crippen LogP contribution >= 0.6 is 0 Å². The van der Waals surface area contributed by atoms with Crippen LogP contribution in [0.15, 0.2) is 84.9 Å². The van der Waals surface area contributed by atoms with Crippen LogP contribution in [0.1, 0.15) is 11.1 Å². The van der Waals surface area contributed by atoms with E-state index in [-0.39, 0.29) is 0 Å². The lowest BCUT2D eigenvalue weighted by atomic mass is 10.1. The van der Waals surface area contributed by atoms with Gasteiger partial charge in [-0.05, 0) is 45.8 Å². The Morgan fingerprint density at radius 2 is 0.818 bits per heavy atom. The highest BCUT2D eigenvalue weighted by atomic mass is 14.0. The summed E-state index contributed by atoms with van der Waals surface area (Å²) in [6.07, 6.45) is 0. The molecule has 0 unspecified atom stereocenters. The van der Waals surface area contributed by atoms with Gasteiger partial charge in [0.15, 0.2) is 0 Å². The largest absolute Gasteiger partial charge is 0.0616 e. The predicted molar refractivity (Wildman–Crippen MR) is 93.9 cm³/mol. The molecular weight excluding hydrogens is 264 g/mol. The second-order valence-electron chi connectivity index (χ2n) is 5.37. The monoisotopic (exact) mass is 278 g/mol. The van der Waals surface area contributed by atoms with Crippen LogP contribution in [0.3, 0.4) is 0 Å². The molecule has 4 rings (SSSR count). The van der Waals surface area contributed by atoms with Gasteiger partial charge in [-0.3, -0.25) is 0 Å². The maximum atomic E-state index is 3.27. The van der Waals surface area contributed by atoms with Crippen LogP contribution in [0.5, 0.6) is 0 Å². The van der Waals surface area contributed by atoms with Gasteiger partial charge in [0.2, 0.25) is 0 Å². The van der Waals surface area contributed by atoms with Gasteiger partial charge in [0.1, 0.15) is 0 Å². The Kier molecular flexibility index (Phi) is 3.11. The first kappa shape index (κ1) is 12.7. The van der Waals surface area contributed by atoms with E-state index < -0.39 is 0 Å². The lowest BCUT2D eigenvalue weighted by molar-refractivity contribution is 1.67. The van der Waals surface area contributed by atoms with E-state index in [4.69, 9.17) is 0 Å². The zero-order valence-electron chi connectivity index (χ0n) is 12.1. The summed E-state index contributed by atoms with van der Waals surface area (Å²) >= 11 is 0. The van der Waals surface area contributed by atoms with Gasteiger partial charge >= 0.3 is 0 Å². The second-order valence-corrected chi connectivity index (χ2v) is 5.37. The summed E-state index contributed by atoms with van der Waals surface area (Å²) in [5, 5.41) is 4.96. The summed E-state index contributed by atoms with van der Waals surface area (Å²) in [6.45, 7) is 0. The topological polar surface area (TPSA) is 0 Å². The van der Waals surface area contributed by atoms with Crippen molar-refractivity contribution in [2.24, 2.45) is 0 Å². The number of rotatable bonds is 0. The van der Waals surface area contributed by atoms with E-state index in [1.165, 1.54) is 21.5 Å². The Bertz CT molecular complexity index is 946. The number of benzene rings is 4. The van der Waals surface area contributed by atoms with Gasteiger partial charge in [0, 0.05) is 11.1 Å². The fourth-order valence-corrected chi connectivity index (χ4v) is 2.68. The molecule has 0 aromatic heterocycles. The fraction of sp³-hybridized carbons (Fsp3) is 0. The van der Waals surface area contributed by atoms with E-state index in [0.717, 1.165) is 11.1 Å². The van der Waals surface area contributed by atoms with Crippen molar-refractivity contribution < 1.29 is 0 Å². The van der Waals surface area contributed by atoms with Gasteiger partial charge in [0.25, 0.3) is 0 Å². The third-order valence-corrected chi connectivity index (χ3v) is 3.85. The normalized spacial score (nSPS) is 10.4. The zero-order chi connectivity index (χ0) is 14.8. The maximum Gasteiger partial charge on any atom is 0.0255 e. The first-order valence-corrected chi connectivity index (χ1v) is 7.38. The Morgan fingerprint density at radius 3 is 1.27 bits per heavy atom. The van der Waals surface area contributed by atoms with Gasteiger partial charge in [-0.15, -0.1) is 0 Å². The lowest BCUT2D eigenvalue weighted by Gasteiger charge is -1.98. The average molecular weight is 278 g/mol. The highest BCUT2D eigenvalue weighted by molar-refractivity contribution is 5.85. The van der Waals surface area contributed by atoms with E-state index in [0.29, 0.717) is 0 Å². The molecule has 0 aliphatic carbocycles. The second kappa shape index (κ2) is 5.39. The van der Waals surface area contributed by atoms with E-state index in [9.17, 15) is 0 Å². The molecule has 4 aromatic carbocycles. The highest BCUT2D eigenvalue weighted by Crippen LogP contribution is 2.16. The van der Waals surface area contributed by atoms with Crippen LogP contribution in [0.2, 0.25) is 0 Å². The summed E-state index contributed by atoms with van der Waals surface area (Å²) in [5.74, 6) is 6.54. The van der Waals surface area contributed by atoms with Gasteiger partial charge in [-0.25, -0.2) is 0 Å². The Balaban J connectivity index is 1.73. The molecule has 0 saturated heterocycles. The number of fused-ring (bicyclic) bond motifs is 2. The molecule has 0 heteroatoms. The minimum absolute atomic E-state index is 1.05. The molecule has 22 heavy (non-hydrogen) atoms. The predicted octanol–water partition coefficient (Wildman–Crippen LogP) is 5.39. The van der Waals surface area contributed by atoms with Crippen LogP contribution in [0, 0.1) is 11.8 Å². The van der Waals surface area contributed by atoms with Gasteiger partial charge in [0.05, 0.1) is 0 Å². The quantitative estimate of drug-likeness (QED) is 0.378. The molecule has 0 N–H and O–H groups in total. The standard InChI is InChI=1S/C22H14/c1-3-7-21-15-17(11-13-19(21)5-1)9-10-18-12-14-20-6-2-4-8-22(20)16-18/h1-8,11-16H. The molecule has 0 atom stereocenters. The lowest BCUT2D eigenvalue weighted by Crippen LogP contribution is -1.79. The Labute approximate surface area is 130 Å². The van der Waals surface area contributed by atoms with Gasteiger partial charge < -0.3 is 0 Å². The molecule has 4 aromatic rings. The minimum Gasteiger partial charge on any atom is -0.0616 e. The third kappa shape index (κ3) is 2.45. The van der Waals surface area contributed by atoms with Crippen molar-refractivity contribution in [3.63, 3.8) is 0 Å². The van der Waals surface area contributed by atoms with E-state index in [2.05, 4.69) is 96.8 Å². The molecule has 0 radical (unpaired) electrons. The molecule has 0 aliphatic heterocycles. The van der Waals surface area contributed by atoms with Crippen molar-refractivity contribution in [1.29, 1.82) is 0 Å². The van der Waals surface area contributed by atoms with E-state index in [1.807, 2.05) is 0 Å². The fourth-order valence-electron chi connectivity index (χ4n) is 2.68. The number of hydrogen-bond donors (Lipinski definition) is 0. The summed E-state index contributed by atoms with van der Waals surface area (Å²) in [6, 6.07) is 29.4. The summed E-state index contributed by atoms with van der Waals surface area (Å²) in [4.78, 5) is 0. The molecule has 0 nitrogen and oxygen atoms in total. The molecule has 0 saturated carbocycles. The SMILES string of the molecule is C(#Cc1ccc2ccccc2c1)c1ccc2ccccc2c1. The summed E-state index contributed by atoms with van der Waals surface area (Å²) in [5.41, 5.74) is 2.10. The van der Waals surface area contributed by atoms with Crippen molar-refractivity contribution in [3.05, 3.63) is 96.1 Å². The van der Waals surface area contributed by atoms with Crippen LogP contribution in [0.4, 0.5) is 0 Å². The maximum absolute atomic E-state index is 3.27. The first-order chi connectivity index (χ1) is 10.9. The van der Waals surface area contributed by atoms with Crippen LogP contribution in [-0.2, 0) is 0 Å². The highest BCUT2D eigenvalue weighted by Gasteiger charge is 1.95. The Hall–Kier alpha value is -3.04. The molecule has 0 spiro atoms. The average Bonchev–Trinajstić information content (AvgIpc) is 2.59. The first-order valence-electron chi connectivity index (χ1n) is 7.38. The van der Waals surface area contributed by atoms with E-state index >= 15 is 0 Å². The molecular formula is C22H14. The molecule has 102 valence electrons. The summed E-state index contributed by atoms with van der Waals surface area (Å²) < 4.78 is 0. The van der Waals surface area contributed by atoms with Crippen molar-refractivity contribution in [3.8, 4) is 11.8 Å².